The van der Waals surface area contributed by atoms with Gasteiger partial charge in [-0.2, -0.15) is 0 Å². The van der Waals surface area contributed by atoms with Crippen molar-refractivity contribution in [3.05, 3.63) is 107 Å². The number of fused-ring (bicyclic) bond motifs is 1. The highest BCUT2D eigenvalue weighted by atomic mass is 16.3. The van der Waals surface area contributed by atoms with Gasteiger partial charge in [-0.05, 0) is 41.4 Å². The van der Waals surface area contributed by atoms with Crippen LogP contribution in [-0.2, 0) is 16.9 Å². The molecule has 1 aliphatic heterocycles. The molecule has 1 saturated heterocycles. The van der Waals surface area contributed by atoms with Gasteiger partial charge in [0.05, 0.1) is 0 Å². The first-order valence-corrected chi connectivity index (χ1v) is 11.8. The van der Waals surface area contributed by atoms with E-state index < -0.39 is 5.60 Å². The number of likely N-dealkylation sites (tertiary alicyclic amines) is 1. The van der Waals surface area contributed by atoms with Gasteiger partial charge in [0, 0.05) is 33.2 Å². The summed E-state index contributed by atoms with van der Waals surface area (Å²) in [5.41, 5.74) is 1.92. The van der Waals surface area contributed by atoms with Crippen LogP contribution in [0, 0.1) is 24.7 Å². The Morgan fingerprint density at radius 3 is 2.18 bits per heavy atom. The first-order chi connectivity index (χ1) is 16.0. The molecule has 0 aromatic heterocycles. The summed E-state index contributed by atoms with van der Waals surface area (Å²) < 4.78 is 0. The number of hydrogen-bond acceptors (Lipinski definition) is 3. The van der Waals surface area contributed by atoms with Crippen molar-refractivity contribution < 1.29 is 9.90 Å². The lowest BCUT2D eigenvalue weighted by Crippen LogP contribution is -2.47. The first kappa shape index (κ1) is 21.9. The Kier molecular flexibility index (Phi) is 5.81. The van der Waals surface area contributed by atoms with Gasteiger partial charge < -0.3 is 10.0 Å². The van der Waals surface area contributed by atoms with Crippen molar-refractivity contribution in [3.63, 3.8) is 0 Å². The molecule has 4 heteroatoms. The number of aliphatic hydroxyl groups is 1. The van der Waals surface area contributed by atoms with Crippen LogP contribution in [0.3, 0.4) is 0 Å². The second-order valence-corrected chi connectivity index (χ2v) is 9.80. The number of hydrogen-bond donors (Lipinski definition) is 1. The number of rotatable bonds is 7. The van der Waals surface area contributed by atoms with Gasteiger partial charge in [0.15, 0.2) is 5.60 Å². The maximum absolute atomic E-state index is 13.7. The lowest BCUT2D eigenvalue weighted by atomic mass is 9.84. The quantitative estimate of drug-likeness (QED) is 0.602. The zero-order valence-corrected chi connectivity index (χ0v) is 19.4. The van der Waals surface area contributed by atoms with Gasteiger partial charge in [0.25, 0.3) is 5.91 Å². The van der Waals surface area contributed by atoms with Crippen LogP contribution in [0.1, 0.15) is 22.3 Å². The highest BCUT2D eigenvalue weighted by molar-refractivity contribution is 5.90. The van der Waals surface area contributed by atoms with Crippen molar-refractivity contribution in [1.29, 1.82) is 0 Å². The van der Waals surface area contributed by atoms with E-state index in [4.69, 9.17) is 0 Å². The number of carbonyl (C=O) groups excluding carboxylic acids is 1. The monoisotopic (exact) mass is 440 g/mol. The van der Waals surface area contributed by atoms with E-state index in [2.05, 4.69) is 35.2 Å². The highest BCUT2D eigenvalue weighted by Crippen LogP contribution is 2.52. The van der Waals surface area contributed by atoms with E-state index in [1.807, 2.05) is 68.6 Å². The summed E-state index contributed by atoms with van der Waals surface area (Å²) in [6, 6.07) is 27.6. The second kappa shape index (κ2) is 8.77. The van der Waals surface area contributed by atoms with Crippen molar-refractivity contribution in [1.82, 2.24) is 9.80 Å². The third-order valence-corrected chi connectivity index (χ3v) is 7.46. The standard InChI is InChI=1S/C29H32N2O2/c1-21-10-9-15-24(16-21)29(33,23-13-7-4-8-14-23)28(32)30(2)18-25-26-19-31(20-27(25)26)17-22-11-5-3-6-12-22/h3-16,25-27,33H,17-20H2,1-2H3/t25?,26-,27+,29-/m0/s1. The van der Waals surface area contributed by atoms with E-state index in [0.29, 0.717) is 35.4 Å². The molecule has 33 heavy (non-hydrogen) atoms. The van der Waals surface area contributed by atoms with Crippen molar-refractivity contribution in [2.75, 3.05) is 26.7 Å². The van der Waals surface area contributed by atoms with Crippen molar-refractivity contribution in [3.8, 4) is 0 Å². The Balaban J connectivity index is 1.28. The van der Waals surface area contributed by atoms with Crippen molar-refractivity contribution in [2.24, 2.45) is 17.8 Å². The molecule has 4 atom stereocenters. The zero-order valence-electron chi connectivity index (χ0n) is 19.4. The minimum absolute atomic E-state index is 0.259. The van der Waals surface area contributed by atoms with Gasteiger partial charge in [-0.25, -0.2) is 0 Å². The molecule has 3 aromatic carbocycles. The SMILES string of the molecule is Cc1cccc([C@](O)(C(=O)N(C)CC2[C@H]3CN(Cc4ccccc4)C[C@@H]23)c2ccccc2)c1. The molecule has 5 rings (SSSR count). The summed E-state index contributed by atoms with van der Waals surface area (Å²) in [5, 5.41) is 11.9. The fourth-order valence-electron chi connectivity index (χ4n) is 5.62. The molecule has 1 aliphatic carbocycles. The number of aryl methyl sites for hydroxylation is 1. The molecule has 2 aliphatic rings. The Bertz CT molecular complexity index is 1100. The summed E-state index contributed by atoms with van der Waals surface area (Å²) >= 11 is 0. The predicted octanol–water partition coefficient (Wildman–Crippen LogP) is 4.07. The van der Waals surface area contributed by atoms with Gasteiger partial charge in [-0.1, -0.05) is 90.5 Å². The Hall–Kier alpha value is -2.95. The molecule has 1 amide bonds. The van der Waals surface area contributed by atoms with E-state index >= 15 is 0 Å². The molecule has 0 bridgehead atoms. The van der Waals surface area contributed by atoms with Crippen molar-refractivity contribution in [2.45, 2.75) is 19.1 Å². The lowest BCUT2D eigenvalue weighted by molar-refractivity contribution is -0.147. The summed E-state index contributed by atoms with van der Waals surface area (Å²) in [7, 11) is 1.84. The fourth-order valence-corrected chi connectivity index (χ4v) is 5.62. The van der Waals surface area contributed by atoms with Crippen LogP contribution in [0.5, 0.6) is 0 Å². The largest absolute Gasteiger partial charge is 0.372 e. The van der Waals surface area contributed by atoms with Crippen LogP contribution >= 0.6 is 0 Å². The third-order valence-electron chi connectivity index (χ3n) is 7.46. The van der Waals surface area contributed by atoms with Crippen LogP contribution in [0.15, 0.2) is 84.9 Å². The van der Waals surface area contributed by atoms with Gasteiger partial charge in [-0.15, -0.1) is 0 Å². The van der Waals surface area contributed by atoms with Crippen LogP contribution < -0.4 is 0 Å². The zero-order chi connectivity index (χ0) is 23.0. The van der Waals surface area contributed by atoms with Crippen LogP contribution in [0.25, 0.3) is 0 Å². The molecule has 3 aromatic rings. The minimum Gasteiger partial charge on any atom is -0.372 e. The maximum Gasteiger partial charge on any atom is 0.263 e. The number of piperidine rings is 1. The van der Waals surface area contributed by atoms with Crippen LogP contribution in [0.4, 0.5) is 0 Å². The molecule has 0 spiro atoms. The highest BCUT2D eigenvalue weighted by Gasteiger charge is 2.56. The first-order valence-electron chi connectivity index (χ1n) is 11.8. The Labute approximate surface area is 196 Å². The van der Waals surface area contributed by atoms with Crippen molar-refractivity contribution >= 4 is 5.91 Å². The number of benzene rings is 3. The lowest BCUT2D eigenvalue weighted by Gasteiger charge is -2.33. The molecule has 1 N–H and O–H groups in total. The molecule has 1 saturated carbocycles. The molecule has 2 fully saturated rings. The van der Waals surface area contributed by atoms with E-state index in [1.54, 1.807) is 4.90 Å². The molecular formula is C29H32N2O2. The van der Waals surface area contributed by atoms with E-state index in [0.717, 1.165) is 25.2 Å². The molecule has 1 heterocycles. The predicted molar refractivity (Wildman–Crippen MR) is 130 cm³/mol. The third kappa shape index (κ3) is 4.21. The van der Waals surface area contributed by atoms with Gasteiger partial charge >= 0.3 is 0 Å². The van der Waals surface area contributed by atoms with Gasteiger partial charge in [0.1, 0.15) is 0 Å². The average Bonchev–Trinajstić information content (AvgIpc) is 3.27. The van der Waals surface area contributed by atoms with E-state index in [9.17, 15) is 9.90 Å². The van der Waals surface area contributed by atoms with Gasteiger partial charge in [0.2, 0.25) is 0 Å². The smallest absolute Gasteiger partial charge is 0.263 e. The second-order valence-electron chi connectivity index (χ2n) is 9.80. The van der Waals surface area contributed by atoms with Crippen LogP contribution in [0.2, 0.25) is 0 Å². The average molecular weight is 441 g/mol. The summed E-state index contributed by atoms with van der Waals surface area (Å²) in [6.45, 7) is 5.85. The summed E-state index contributed by atoms with van der Waals surface area (Å²) in [5.74, 6) is 1.55. The normalized spacial score (nSPS) is 23.5. The van der Waals surface area contributed by atoms with Crippen LogP contribution in [-0.4, -0.2) is 47.5 Å². The summed E-state index contributed by atoms with van der Waals surface area (Å²) in [6.07, 6.45) is 0. The number of likely N-dealkylation sites (N-methyl/N-ethyl adjacent to an activating group) is 1. The molecule has 1 unspecified atom stereocenters. The maximum atomic E-state index is 13.7. The number of nitrogens with zero attached hydrogens (tertiary/aromatic N) is 2. The van der Waals surface area contributed by atoms with Gasteiger partial charge in [-0.3, -0.25) is 9.69 Å². The number of amides is 1. The Morgan fingerprint density at radius 1 is 0.939 bits per heavy atom. The molecule has 170 valence electrons. The number of carbonyl (C=O) groups is 1. The molecule has 0 radical (unpaired) electrons. The fraction of sp³-hybridized carbons (Fsp3) is 0.345. The topological polar surface area (TPSA) is 43.8 Å². The van der Waals surface area contributed by atoms with E-state index in [-0.39, 0.29) is 5.91 Å². The molecule has 4 nitrogen and oxygen atoms in total. The minimum atomic E-state index is -1.69. The van der Waals surface area contributed by atoms with E-state index in [1.165, 1.54) is 5.56 Å². The summed E-state index contributed by atoms with van der Waals surface area (Å²) in [4.78, 5) is 18.0. The Morgan fingerprint density at radius 2 is 1.55 bits per heavy atom. The molecular weight excluding hydrogens is 408 g/mol.